The van der Waals surface area contributed by atoms with Crippen LogP contribution in [-0.2, 0) is 0 Å². The lowest BCUT2D eigenvalue weighted by Crippen LogP contribution is -2.03. The zero-order valence-electron chi connectivity index (χ0n) is 10.6. The molecule has 0 saturated heterocycles. The Morgan fingerprint density at radius 3 is 2.55 bits per heavy atom. The maximum Gasteiger partial charge on any atom is 0.339 e. The van der Waals surface area contributed by atoms with Gasteiger partial charge < -0.3 is 9.84 Å². The summed E-state index contributed by atoms with van der Waals surface area (Å²) in [5, 5.41) is 20.1. The molecule has 20 heavy (non-hydrogen) atoms. The third-order valence-corrected chi connectivity index (χ3v) is 2.63. The Bertz CT molecular complexity index is 649. The molecule has 1 N–H and O–H groups in total. The number of ether oxygens (including phenoxy) is 1. The van der Waals surface area contributed by atoms with Gasteiger partial charge in [0.1, 0.15) is 11.3 Å². The fourth-order valence-electron chi connectivity index (χ4n) is 1.74. The summed E-state index contributed by atoms with van der Waals surface area (Å²) in [7, 11) is 0. The largest absolute Gasteiger partial charge is 0.478 e. The van der Waals surface area contributed by atoms with E-state index in [1.807, 2.05) is 13.0 Å². The zero-order valence-corrected chi connectivity index (χ0v) is 10.6. The normalized spacial score (nSPS) is 10.1. The van der Waals surface area contributed by atoms with Crippen LogP contribution in [0.3, 0.4) is 0 Å². The van der Waals surface area contributed by atoms with Gasteiger partial charge in [-0.2, -0.15) is 0 Å². The van der Waals surface area contributed by atoms with Gasteiger partial charge in [0, 0.05) is 6.07 Å². The third-order valence-electron chi connectivity index (χ3n) is 2.63. The van der Waals surface area contributed by atoms with E-state index in [9.17, 15) is 14.9 Å². The van der Waals surface area contributed by atoms with Crippen molar-refractivity contribution in [2.24, 2.45) is 0 Å². The molecule has 0 aliphatic rings. The number of rotatable bonds is 4. The lowest BCUT2D eigenvalue weighted by atomic mass is 10.1. The van der Waals surface area contributed by atoms with Gasteiger partial charge in [-0.05, 0) is 30.7 Å². The first-order valence-corrected chi connectivity index (χ1v) is 5.74. The fourth-order valence-corrected chi connectivity index (χ4v) is 1.74. The predicted molar refractivity (Wildman–Crippen MR) is 71.3 cm³/mol. The minimum atomic E-state index is -1.28. The van der Waals surface area contributed by atoms with Crippen molar-refractivity contribution in [3.63, 3.8) is 0 Å². The molecule has 0 unspecified atom stereocenters. The maximum absolute atomic E-state index is 11.2. The van der Waals surface area contributed by atoms with Crippen LogP contribution < -0.4 is 4.74 Å². The molecule has 0 radical (unpaired) electrons. The van der Waals surface area contributed by atoms with E-state index in [0.717, 1.165) is 5.56 Å². The van der Waals surface area contributed by atoms with Gasteiger partial charge in [-0.25, -0.2) is 4.79 Å². The van der Waals surface area contributed by atoms with Crippen LogP contribution in [0.1, 0.15) is 15.9 Å². The van der Waals surface area contributed by atoms with Gasteiger partial charge >= 0.3 is 11.7 Å². The molecular formula is C14H11NO5. The third kappa shape index (κ3) is 2.74. The summed E-state index contributed by atoms with van der Waals surface area (Å²) < 4.78 is 5.42. The predicted octanol–water partition coefficient (Wildman–Crippen LogP) is 3.39. The average Bonchev–Trinajstić information content (AvgIpc) is 2.38. The van der Waals surface area contributed by atoms with E-state index in [2.05, 4.69) is 0 Å². The Hall–Kier alpha value is -2.89. The second-order valence-corrected chi connectivity index (χ2v) is 4.13. The Kier molecular flexibility index (Phi) is 3.65. The molecule has 0 amide bonds. The summed E-state index contributed by atoms with van der Waals surface area (Å²) in [6, 6.07) is 10.6. The Labute approximate surface area is 114 Å². The van der Waals surface area contributed by atoms with Crippen molar-refractivity contribution in [1.29, 1.82) is 0 Å². The molecule has 2 rings (SSSR count). The molecule has 2 aromatic carbocycles. The molecule has 102 valence electrons. The summed E-state index contributed by atoms with van der Waals surface area (Å²) in [5.41, 5.74) is 0.269. The van der Waals surface area contributed by atoms with Crippen LogP contribution in [0.15, 0.2) is 42.5 Å². The second-order valence-electron chi connectivity index (χ2n) is 4.13. The molecule has 0 saturated carbocycles. The number of aryl methyl sites for hydroxylation is 1. The Morgan fingerprint density at radius 2 is 1.95 bits per heavy atom. The molecule has 0 bridgehead atoms. The standard InChI is InChI=1S/C14H11NO5/c1-9-4-2-5-10(8-9)20-13-11(14(16)17)6-3-7-12(13)15(18)19/h2-8H,1H3,(H,16,17). The van der Waals surface area contributed by atoms with E-state index in [-0.39, 0.29) is 17.0 Å². The van der Waals surface area contributed by atoms with Gasteiger partial charge in [0.05, 0.1) is 4.92 Å². The van der Waals surface area contributed by atoms with Crippen LogP contribution in [0, 0.1) is 17.0 Å². The number of aromatic carboxylic acids is 1. The number of carboxylic acid groups (broad SMARTS) is 1. The van der Waals surface area contributed by atoms with E-state index < -0.39 is 10.9 Å². The Morgan fingerprint density at radius 1 is 1.25 bits per heavy atom. The van der Waals surface area contributed by atoms with E-state index in [0.29, 0.717) is 5.75 Å². The SMILES string of the molecule is Cc1cccc(Oc2c(C(=O)O)cccc2[N+](=O)[O-])c1. The molecule has 2 aromatic rings. The molecule has 0 aliphatic carbocycles. The van der Waals surface area contributed by atoms with Gasteiger partial charge in [-0.3, -0.25) is 10.1 Å². The number of nitrogens with zero attached hydrogens (tertiary/aromatic N) is 1. The average molecular weight is 273 g/mol. The lowest BCUT2D eigenvalue weighted by molar-refractivity contribution is -0.385. The number of para-hydroxylation sites is 1. The van der Waals surface area contributed by atoms with E-state index in [4.69, 9.17) is 9.84 Å². The first kappa shape index (κ1) is 13.5. The van der Waals surface area contributed by atoms with Crippen molar-refractivity contribution in [1.82, 2.24) is 0 Å². The number of hydrogen-bond acceptors (Lipinski definition) is 4. The summed E-state index contributed by atoms with van der Waals surface area (Å²) in [6.45, 7) is 1.84. The highest BCUT2D eigenvalue weighted by atomic mass is 16.6. The molecule has 0 aliphatic heterocycles. The van der Waals surface area contributed by atoms with Crippen molar-refractivity contribution >= 4 is 11.7 Å². The topological polar surface area (TPSA) is 89.7 Å². The van der Waals surface area contributed by atoms with E-state index >= 15 is 0 Å². The molecule has 6 nitrogen and oxygen atoms in total. The number of nitro groups is 1. The van der Waals surface area contributed by atoms with Crippen molar-refractivity contribution in [2.45, 2.75) is 6.92 Å². The highest BCUT2D eigenvalue weighted by Gasteiger charge is 2.23. The number of benzene rings is 2. The molecule has 0 spiro atoms. The van der Waals surface area contributed by atoms with Crippen LogP contribution in [0.4, 0.5) is 5.69 Å². The van der Waals surface area contributed by atoms with Crippen molar-refractivity contribution in [3.8, 4) is 11.5 Å². The molecule has 0 atom stereocenters. The molecule has 0 fully saturated rings. The maximum atomic E-state index is 11.2. The highest BCUT2D eigenvalue weighted by molar-refractivity contribution is 5.92. The first-order chi connectivity index (χ1) is 9.49. The van der Waals surface area contributed by atoms with Crippen molar-refractivity contribution < 1.29 is 19.6 Å². The van der Waals surface area contributed by atoms with Gasteiger partial charge in [0.25, 0.3) is 0 Å². The number of carboxylic acids is 1. The van der Waals surface area contributed by atoms with Crippen molar-refractivity contribution in [3.05, 3.63) is 63.7 Å². The van der Waals surface area contributed by atoms with Crippen LogP contribution in [0.2, 0.25) is 0 Å². The molecular weight excluding hydrogens is 262 g/mol. The van der Waals surface area contributed by atoms with Crippen LogP contribution in [0.25, 0.3) is 0 Å². The van der Waals surface area contributed by atoms with E-state index in [1.165, 1.54) is 18.2 Å². The number of carbonyl (C=O) groups is 1. The quantitative estimate of drug-likeness (QED) is 0.681. The molecule has 0 aromatic heterocycles. The smallest absolute Gasteiger partial charge is 0.339 e. The van der Waals surface area contributed by atoms with Gasteiger partial charge in [0.2, 0.25) is 5.75 Å². The molecule has 6 heteroatoms. The number of hydrogen-bond donors (Lipinski definition) is 1. The van der Waals surface area contributed by atoms with E-state index in [1.54, 1.807) is 18.2 Å². The zero-order chi connectivity index (χ0) is 14.7. The Balaban J connectivity index is 2.53. The fraction of sp³-hybridized carbons (Fsp3) is 0.0714. The number of nitro benzene ring substituents is 1. The van der Waals surface area contributed by atoms with Crippen molar-refractivity contribution in [2.75, 3.05) is 0 Å². The van der Waals surface area contributed by atoms with Crippen LogP contribution >= 0.6 is 0 Å². The summed E-state index contributed by atoms with van der Waals surface area (Å²) in [4.78, 5) is 21.5. The first-order valence-electron chi connectivity index (χ1n) is 5.74. The van der Waals surface area contributed by atoms with Gasteiger partial charge in [-0.1, -0.05) is 18.2 Å². The minimum absolute atomic E-state index is 0.249. The summed E-state index contributed by atoms with van der Waals surface area (Å²) >= 11 is 0. The second kappa shape index (κ2) is 5.40. The van der Waals surface area contributed by atoms with Gasteiger partial charge in [-0.15, -0.1) is 0 Å². The minimum Gasteiger partial charge on any atom is -0.478 e. The van der Waals surface area contributed by atoms with Crippen LogP contribution in [0.5, 0.6) is 11.5 Å². The van der Waals surface area contributed by atoms with Gasteiger partial charge in [0.15, 0.2) is 0 Å². The summed E-state index contributed by atoms with van der Waals surface area (Å²) in [5.74, 6) is -1.20. The molecule has 0 heterocycles. The summed E-state index contributed by atoms with van der Waals surface area (Å²) in [6.07, 6.45) is 0. The monoisotopic (exact) mass is 273 g/mol. The highest BCUT2D eigenvalue weighted by Crippen LogP contribution is 2.35. The lowest BCUT2D eigenvalue weighted by Gasteiger charge is -2.09. The van der Waals surface area contributed by atoms with Crippen LogP contribution in [-0.4, -0.2) is 16.0 Å².